The Hall–Kier alpha value is -1.15. The highest BCUT2D eigenvalue weighted by molar-refractivity contribution is 8.02. The fourth-order valence-corrected chi connectivity index (χ4v) is 6.79. The Morgan fingerprint density at radius 1 is 1.21 bits per heavy atom. The zero-order valence-electron chi connectivity index (χ0n) is 13.7. The summed E-state index contributed by atoms with van der Waals surface area (Å²) in [6, 6.07) is 0. The van der Waals surface area contributed by atoms with Crippen LogP contribution in [0.1, 0.15) is 45.4 Å². The van der Waals surface area contributed by atoms with Crippen LogP contribution in [-0.4, -0.2) is 27.3 Å². The highest BCUT2D eigenvalue weighted by Crippen LogP contribution is 2.60. The van der Waals surface area contributed by atoms with Crippen molar-refractivity contribution in [3.8, 4) is 0 Å². The number of nitrogens with zero attached hydrogens (tertiary/aromatic N) is 2. The van der Waals surface area contributed by atoms with E-state index in [1.165, 1.54) is 42.4 Å². The maximum absolute atomic E-state index is 12.8. The quantitative estimate of drug-likeness (QED) is 0.631. The Kier molecular flexibility index (Phi) is 4.28. The molecule has 1 atom stereocenters. The smallest absolute Gasteiger partial charge is 0.251 e. The Balaban J connectivity index is 1.32. The van der Waals surface area contributed by atoms with Gasteiger partial charge in [0.2, 0.25) is 5.91 Å². The number of rotatable bonds is 4. The summed E-state index contributed by atoms with van der Waals surface area (Å²) in [5, 5.41) is 7.36. The van der Waals surface area contributed by atoms with Gasteiger partial charge in [-0.05, 0) is 63.2 Å². The fourth-order valence-electron chi connectivity index (χ4n) is 5.16. The van der Waals surface area contributed by atoms with Crippen molar-refractivity contribution in [1.82, 2.24) is 21.0 Å². The molecule has 5 rings (SSSR count). The van der Waals surface area contributed by atoms with E-state index >= 15 is 0 Å². The molecule has 0 unspecified atom stereocenters. The van der Waals surface area contributed by atoms with Gasteiger partial charge in [0.1, 0.15) is 5.51 Å². The van der Waals surface area contributed by atoms with Gasteiger partial charge in [0.25, 0.3) is 5.91 Å². The Labute approximate surface area is 149 Å². The van der Waals surface area contributed by atoms with Gasteiger partial charge in [0, 0.05) is 0 Å². The average molecular weight is 367 g/mol. The van der Waals surface area contributed by atoms with E-state index in [0.29, 0.717) is 17.8 Å². The predicted octanol–water partition coefficient (Wildman–Crippen LogP) is 2.38. The molecule has 24 heavy (non-hydrogen) atoms. The largest absolute Gasteiger partial charge is 0.273 e. The highest BCUT2D eigenvalue weighted by Gasteiger charge is 2.54. The monoisotopic (exact) mass is 366 g/mol. The number of hydrogen-bond donors (Lipinski definition) is 2. The summed E-state index contributed by atoms with van der Waals surface area (Å²) in [5.74, 6) is 1.95. The van der Waals surface area contributed by atoms with Crippen LogP contribution in [-0.2, 0) is 9.59 Å². The van der Waals surface area contributed by atoms with Gasteiger partial charge >= 0.3 is 0 Å². The van der Waals surface area contributed by atoms with Crippen LogP contribution >= 0.6 is 23.1 Å². The second-order valence-electron chi connectivity index (χ2n) is 7.61. The van der Waals surface area contributed by atoms with Crippen molar-refractivity contribution in [1.29, 1.82) is 0 Å². The Morgan fingerprint density at radius 3 is 2.38 bits per heavy atom. The van der Waals surface area contributed by atoms with E-state index in [4.69, 9.17) is 0 Å². The molecule has 6 nitrogen and oxygen atoms in total. The summed E-state index contributed by atoms with van der Waals surface area (Å²) < 4.78 is 0.755. The van der Waals surface area contributed by atoms with Crippen molar-refractivity contribution in [2.45, 2.75) is 55.0 Å². The number of thioether (sulfide) groups is 1. The molecule has 4 aliphatic rings. The summed E-state index contributed by atoms with van der Waals surface area (Å²) in [7, 11) is 0. The summed E-state index contributed by atoms with van der Waals surface area (Å²) in [6.07, 6.45) is 6.89. The number of carbonyl (C=O) groups is 2. The molecule has 4 saturated carbocycles. The summed E-state index contributed by atoms with van der Waals surface area (Å²) in [6.45, 7) is 1.80. The Morgan fingerprint density at radius 2 is 1.83 bits per heavy atom. The van der Waals surface area contributed by atoms with Crippen molar-refractivity contribution >= 4 is 34.9 Å². The second kappa shape index (κ2) is 6.29. The molecular formula is C16H22N4O2S2. The van der Waals surface area contributed by atoms with Gasteiger partial charge < -0.3 is 0 Å². The van der Waals surface area contributed by atoms with Crippen molar-refractivity contribution in [3.05, 3.63) is 5.51 Å². The minimum Gasteiger partial charge on any atom is -0.273 e. The molecule has 1 aromatic rings. The van der Waals surface area contributed by atoms with Gasteiger partial charge in [-0.1, -0.05) is 23.1 Å². The van der Waals surface area contributed by atoms with E-state index in [9.17, 15) is 9.59 Å². The van der Waals surface area contributed by atoms with E-state index in [1.54, 1.807) is 12.4 Å². The normalized spacial score (nSPS) is 34.8. The van der Waals surface area contributed by atoms with Crippen molar-refractivity contribution < 1.29 is 9.59 Å². The van der Waals surface area contributed by atoms with Crippen LogP contribution in [0.4, 0.5) is 0 Å². The zero-order chi connectivity index (χ0) is 16.7. The molecule has 1 aromatic heterocycles. The summed E-state index contributed by atoms with van der Waals surface area (Å²) in [4.78, 5) is 25.0. The third-order valence-corrected chi connectivity index (χ3v) is 7.72. The van der Waals surface area contributed by atoms with Crippen LogP contribution in [0.15, 0.2) is 9.85 Å². The number of amides is 2. The number of nitrogens with one attached hydrogen (secondary N) is 2. The molecule has 0 aromatic carbocycles. The SMILES string of the molecule is C[C@H](Sc1nncs1)C(=O)NNC(=O)C12CC3CC(CC(C3)C1)C2. The lowest BCUT2D eigenvalue weighted by molar-refractivity contribution is -0.148. The molecule has 4 bridgehead atoms. The third-order valence-electron chi connectivity index (χ3n) is 5.81. The first-order chi connectivity index (χ1) is 11.5. The van der Waals surface area contributed by atoms with E-state index in [1.807, 2.05) is 0 Å². The lowest BCUT2D eigenvalue weighted by atomic mass is 9.49. The van der Waals surface area contributed by atoms with Crippen LogP contribution in [0.2, 0.25) is 0 Å². The van der Waals surface area contributed by atoms with E-state index in [2.05, 4.69) is 21.0 Å². The molecule has 4 aliphatic carbocycles. The van der Waals surface area contributed by atoms with E-state index < -0.39 is 0 Å². The van der Waals surface area contributed by atoms with Crippen LogP contribution in [0, 0.1) is 23.2 Å². The molecule has 2 amide bonds. The lowest BCUT2D eigenvalue weighted by Crippen LogP contribution is -2.57. The van der Waals surface area contributed by atoms with Gasteiger partial charge in [-0.15, -0.1) is 10.2 Å². The number of hydrogen-bond acceptors (Lipinski definition) is 6. The molecule has 1 heterocycles. The molecule has 2 N–H and O–H groups in total. The minimum atomic E-state index is -0.324. The number of hydrazine groups is 1. The maximum Gasteiger partial charge on any atom is 0.251 e. The Bertz CT molecular complexity index is 599. The molecule has 0 spiro atoms. The van der Waals surface area contributed by atoms with E-state index in [-0.39, 0.29) is 22.5 Å². The first-order valence-electron chi connectivity index (χ1n) is 8.57. The summed E-state index contributed by atoms with van der Waals surface area (Å²) in [5.41, 5.74) is 6.73. The van der Waals surface area contributed by atoms with Gasteiger partial charge in [0.05, 0.1) is 10.7 Å². The van der Waals surface area contributed by atoms with Crippen molar-refractivity contribution in [2.75, 3.05) is 0 Å². The third kappa shape index (κ3) is 3.06. The molecule has 0 saturated heterocycles. The molecule has 4 fully saturated rings. The standard InChI is InChI=1S/C16H22N4O2S2/c1-9(24-15-20-17-8-23-15)13(21)18-19-14(22)16-5-10-2-11(6-16)4-12(3-10)7-16/h8-12H,2-7H2,1H3,(H,18,21)(H,19,22)/t9-,10?,11?,12?,16?/m0/s1. The fraction of sp³-hybridized carbons (Fsp3) is 0.750. The van der Waals surface area contributed by atoms with Crippen LogP contribution in [0.3, 0.4) is 0 Å². The molecular weight excluding hydrogens is 344 g/mol. The maximum atomic E-state index is 12.8. The second-order valence-corrected chi connectivity index (χ2v) is 10.0. The van der Waals surface area contributed by atoms with Gasteiger partial charge in [0.15, 0.2) is 4.34 Å². The van der Waals surface area contributed by atoms with Gasteiger partial charge in [-0.25, -0.2) is 0 Å². The minimum absolute atomic E-state index is 0.0167. The van der Waals surface area contributed by atoms with Gasteiger partial charge in [-0.2, -0.15) is 0 Å². The molecule has 0 aliphatic heterocycles. The van der Waals surface area contributed by atoms with Crippen molar-refractivity contribution in [2.24, 2.45) is 23.2 Å². The topological polar surface area (TPSA) is 84.0 Å². The molecule has 8 heteroatoms. The predicted molar refractivity (Wildman–Crippen MR) is 92.1 cm³/mol. The van der Waals surface area contributed by atoms with Crippen LogP contribution in [0.5, 0.6) is 0 Å². The van der Waals surface area contributed by atoms with Crippen LogP contribution in [0.25, 0.3) is 0 Å². The van der Waals surface area contributed by atoms with Crippen molar-refractivity contribution in [3.63, 3.8) is 0 Å². The number of aromatic nitrogens is 2. The lowest BCUT2D eigenvalue weighted by Gasteiger charge is -2.55. The summed E-state index contributed by atoms with van der Waals surface area (Å²) >= 11 is 2.76. The first kappa shape index (κ1) is 16.3. The highest BCUT2D eigenvalue weighted by atomic mass is 32.2. The van der Waals surface area contributed by atoms with Gasteiger partial charge in [-0.3, -0.25) is 20.4 Å². The first-order valence-corrected chi connectivity index (χ1v) is 10.3. The molecule has 130 valence electrons. The van der Waals surface area contributed by atoms with Crippen LogP contribution < -0.4 is 10.9 Å². The zero-order valence-corrected chi connectivity index (χ0v) is 15.3. The molecule has 0 radical (unpaired) electrons. The van der Waals surface area contributed by atoms with E-state index in [0.717, 1.165) is 23.6 Å². The average Bonchev–Trinajstić information content (AvgIpc) is 3.03. The number of carbonyl (C=O) groups excluding carboxylic acids is 2.